The molecule has 0 amide bonds. The van der Waals surface area contributed by atoms with Crippen molar-refractivity contribution >= 4 is 33.3 Å². The minimum atomic E-state index is -4.15. The van der Waals surface area contributed by atoms with Crippen LogP contribution in [0.15, 0.2) is 68.5 Å². The highest BCUT2D eigenvalue weighted by Crippen LogP contribution is 2.29. The van der Waals surface area contributed by atoms with Crippen molar-refractivity contribution in [1.82, 2.24) is 8.87 Å². The van der Waals surface area contributed by atoms with Crippen LogP contribution in [-0.2, 0) is 35.6 Å². The summed E-state index contributed by atoms with van der Waals surface area (Å²) in [5.41, 5.74) is -0.158. The number of ether oxygens (including phenoxy) is 2. The zero-order valence-electron chi connectivity index (χ0n) is 25.1. The molecular weight excluding hydrogens is 590 g/mol. The van der Waals surface area contributed by atoms with Gasteiger partial charge in [-0.3, -0.25) is 9.36 Å². The van der Waals surface area contributed by atoms with E-state index >= 15 is 0 Å². The SMILES string of the molecule is C=C(C)C(=O)OC1CC(OC(=O)C(=C)C)CN(S(=O)(=O)c2ccc(N=Nc3c(C)c(C#N)c(O)n(CCCC)c3=O)cc2)C1. The Labute approximate surface area is 255 Å². The molecule has 0 bridgehead atoms. The highest BCUT2D eigenvalue weighted by atomic mass is 32.2. The standard InChI is InChI=1S/C30H35N5O8S/c1-7-8-13-35-27(36)25(15-31)20(6)26(28(35)37)33-32-21-9-11-24(12-10-21)44(40,41)34-16-22(42-29(38)18(2)3)14-23(17-34)43-30(39)19(4)5/h9-12,22-23,36H,2,4,7-8,13-14,16-17H2,1,3,5-6H3. The van der Waals surface area contributed by atoms with Gasteiger partial charge >= 0.3 is 11.9 Å². The summed E-state index contributed by atoms with van der Waals surface area (Å²) in [5.74, 6) is -1.82. The number of unbranched alkanes of at least 4 members (excludes halogenated alkanes) is 1. The van der Waals surface area contributed by atoms with Crippen molar-refractivity contribution < 1.29 is 32.6 Å². The first-order valence-electron chi connectivity index (χ1n) is 13.8. The summed E-state index contributed by atoms with van der Waals surface area (Å²) in [7, 11) is -4.15. The molecule has 1 aromatic heterocycles. The normalized spacial score (nSPS) is 17.2. The van der Waals surface area contributed by atoms with Crippen molar-refractivity contribution in [3.63, 3.8) is 0 Å². The minimum absolute atomic E-state index is 0.0860. The van der Waals surface area contributed by atoms with Crippen LogP contribution in [0.25, 0.3) is 0 Å². The van der Waals surface area contributed by atoms with E-state index in [0.717, 1.165) is 15.3 Å². The number of nitrogens with zero attached hydrogens (tertiary/aromatic N) is 5. The maximum absolute atomic E-state index is 13.6. The number of carbonyl (C=O) groups is 2. The fourth-order valence-electron chi connectivity index (χ4n) is 4.36. The Morgan fingerprint density at radius 2 is 1.61 bits per heavy atom. The second kappa shape index (κ2) is 14.2. The number of piperidine rings is 1. The van der Waals surface area contributed by atoms with Crippen LogP contribution in [0, 0.1) is 18.3 Å². The molecule has 14 heteroatoms. The molecule has 1 aromatic carbocycles. The monoisotopic (exact) mass is 625 g/mol. The van der Waals surface area contributed by atoms with Crippen LogP contribution in [0.4, 0.5) is 11.4 Å². The maximum Gasteiger partial charge on any atom is 0.333 e. The average molecular weight is 626 g/mol. The third-order valence-electron chi connectivity index (χ3n) is 6.83. The van der Waals surface area contributed by atoms with Gasteiger partial charge in [0.1, 0.15) is 23.8 Å². The van der Waals surface area contributed by atoms with Crippen LogP contribution in [0.2, 0.25) is 0 Å². The largest absolute Gasteiger partial charge is 0.493 e. The van der Waals surface area contributed by atoms with Crippen LogP contribution in [-0.4, -0.2) is 59.6 Å². The fraction of sp³-hybridized carbons (Fsp3) is 0.400. The molecule has 0 radical (unpaired) electrons. The number of esters is 2. The number of sulfonamides is 1. The van der Waals surface area contributed by atoms with Gasteiger partial charge in [0.05, 0.1) is 23.7 Å². The quantitative estimate of drug-likeness (QED) is 0.216. The fourth-order valence-corrected chi connectivity index (χ4v) is 5.87. The van der Waals surface area contributed by atoms with Crippen molar-refractivity contribution in [3.05, 3.63) is 70.1 Å². The van der Waals surface area contributed by atoms with E-state index in [2.05, 4.69) is 23.4 Å². The maximum atomic E-state index is 13.6. The van der Waals surface area contributed by atoms with Crippen molar-refractivity contribution in [2.45, 2.75) is 70.6 Å². The molecule has 44 heavy (non-hydrogen) atoms. The third-order valence-corrected chi connectivity index (χ3v) is 8.67. The van der Waals surface area contributed by atoms with Crippen LogP contribution in [0.5, 0.6) is 5.88 Å². The van der Waals surface area contributed by atoms with Crippen LogP contribution in [0.3, 0.4) is 0 Å². The predicted octanol–water partition coefficient (Wildman–Crippen LogP) is 4.32. The number of rotatable bonds is 11. The van der Waals surface area contributed by atoms with E-state index in [4.69, 9.17) is 9.47 Å². The Kier molecular flexibility index (Phi) is 11.0. The van der Waals surface area contributed by atoms with Crippen LogP contribution < -0.4 is 5.56 Å². The molecule has 2 atom stereocenters. The molecule has 1 aliphatic heterocycles. The first-order chi connectivity index (χ1) is 20.7. The Hall–Kier alpha value is -4.61. The molecule has 1 aliphatic rings. The summed E-state index contributed by atoms with van der Waals surface area (Å²) in [6.07, 6.45) is -0.350. The summed E-state index contributed by atoms with van der Waals surface area (Å²) in [6.45, 7) is 13.3. The van der Waals surface area contributed by atoms with Gasteiger partial charge < -0.3 is 14.6 Å². The van der Waals surface area contributed by atoms with E-state index in [9.17, 15) is 33.2 Å². The van der Waals surface area contributed by atoms with Crippen LogP contribution >= 0.6 is 0 Å². The van der Waals surface area contributed by atoms with Gasteiger partial charge in [0.25, 0.3) is 5.56 Å². The Morgan fingerprint density at radius 3 is 2.09 bits per heavy atom. The Bertz CT molecular complexity index is 1670. The van der Waals surface area contributed by atoms with Gasteiger partial charge in [-0.2, -0.15) is 14.7 Å². The van der Waals surface area contributed by atoms with E-state index in [0.29, 0.717) is 6.42 Å². The van der Waals surface area contributed by atoms with E-state index in [-0.39, 0.29) is 64.6 Å². The Morgan fingerprint density at radius 1 is 1.07 bits per heavy atom. The summed E-state index contributed by atoms with van der Waals surface area (Å²) < 4.78 is 40.1. The van der Waals surface area contributed by atoms with Crippen molar-refractivity contribution in [3.8, 4) is 11.9 Å². The highest BCUT2D eigenvalue weighted by molar-refractivity contribution is 7.89. The van der Waals surface area contributed by atoms with Crippen LogP contribution in [0.1, 0.15) is 51.2 Å². The lowest BCUT2D eigenvalue weighted by molar-refractivity contribution is -0.154. The van der Waals surface area contributed by atoms with Gasteiger partial charge in [0.2, 0.25) is 15.9 Å². The molecule has 0 aliphatic carbocycles. The van der Waals surface area contributed by atoms with Crippen molar-refractivity contribution in [1.29, 1.82) is 5.26 Å². The van der Waals surface area contributed by atoms with Crippen molar-refractivity contribution in [2.75, 3.05) is 13.1 Å². The van der Waals surface area contributed by atoms with Gasteiger partial charge in [-0.15, -0.1) is 5.11 Å². The second-order valence-corrected chi connectivity index (χ2v) is 12.4. The molecule has 234 valence electrons. The number of hydrogen-bond donors (Lipinski definition) is 1. The molecule has 1 saturated heterocycles. The van der Waals surface area contributed by atoms with Gasteiger partial charge in [-0.1, -0.05) is 26.5 Å². The van der Waals surface area contributed by atoms with E-state index < -0.39 is 45.6 Å². The molecule has 1 fully saturated rings. The van der Waals surface area contributed by atoms with Gasteiger partial charge in [0, 0.05) is 29.7 Å². The number of nitriles is 1. The van der Waals surface area contributed by atoms with Crippen molar-refractivity contribution in [2.24, 2.45) is 10.2 Å². The van der Waals surface area contributed by atoms with E-state index in [1.807, 2.05) is 13.0 Å². The zero-order valence-corrected chi connectivity index (χ0v) is 25.9. The van der Waals surface area contributed by atoms with E-state index in [1.165, 1.54) is 45.0 Å². The number of carbonyl (C=O) groups excluding carboxylic acids is 2. The average Bonchev–Trinajstić information content (AvgIpc) is 2.97. The molecule has 0 spiro atoms. The number of benzene rings is 1. The van der Waals surface area contributed by atoms with E-state index in [1.54, 1.807) is 0 Å². The summed E-state index contributed by atoms with van der Waals surface area (Å²) in [6, 6.07) is 7.25. The smallest absolute Gasteiger partial charge is 0.333 e. The van der Waals surface area contributed by atoms with Gasteiger partial charge in [-0.05, 0) is 51.5 Å². The molecule has 13 nitrogen and oxygen atoms in total. The third kappa shape index (κ3) is 7.66. The first kappa shape index (κ1) is 33.9. The molecule has 3 rings (SSSR count). The number of hydrogen-bond acceptors (Lipinski definition) is 11. The summed E-state index contributed by atoms with van der Waals surface area (Å²) in [5, 5.41) is 28.0. The molecule has 2 heterocycles. The first-order valence-corrected chi connectivity index (χ1v) is 15.3. The Balaban J connectivity index is 1.89. The summed E-state index contributed by atoms with van der Waals surface area (Å²) in [4.78, 5) is 37.2. The lowest BCUT2D eigenvalue weighted by atomic mass is 10.1. The molecular formula is C30H35N5O8S. The number of aromatic hydroxyl groups is 1. The lowest BCUT2D eigenvalue weighted by Crippen LogP contribution is -2.50. The second-order valence-electron chi connectivity index (χ2n) is 10.5. The zero-order chi connectivity index (χ0) is 32.8. The number of aromatic nitrogens is 1. The summed E-state index contributed by atoms with van der Waals surface area (Å²) >= 11 is 0. The molecule has 2 unspecified atom stereocenters. The van der Waals surface area contributed by atoms with Gasteiger partial charge in [0.15, 0.2) is 5.69 Å². The topological polar surface area (TPSA) is 181 Å². The molecule has 1 N–H and O–H groups in total. The number of azo groups is 1. The minimum Gasteiger partial charge on any atom is -0.493 e. The molecule has 0 saturated carbocycles. The number of pyridine rings is 1. The lowest BCUT2D eigenvalue weighted by Gasteiger charge is -2.36. The molecule has 2 aromatic rings. The highest BCUT2D eigenvalue weighted by Gasteiger charge is 2.38. The predicted molar refractivity (Wildman–Crippen MR) is 160 cm³/mol. The van der Waals surface area contributed by atoms with Gasteiger partial charge in [-0.25, -0.2) is 18.0 Å².